The van der Waals surface area contributed by atoms with Gasteiger partial charge in [-0.3, -0.25) is 0 Å². The standard InChI is InChI=1S/C9H16F3NS/c1-2-8(7-3-4-7)13-5-6-14-9(10,11)12/h7-8,13H,2-6H2,1H3. The third kappa shape index (κ3) is 5.10. The molecule has 0 radical (unpaired) electrons. The van der Waals surface area contributed by atoms with Crippen molar-refractivity contribution in [3.63, 3.8) is 0 Å². The second kappa shape index (κ2) is 5.26. The van der Waals surface area contributed by atoms with E-state index in [1.54, 1.807) is 0 Å². The second-order valence-electron chi connectivity index (χ2n) is 3.60. The predicted octanol–water partition coefficient (Wildman–Crippen LogP) is 3.02. The van der Waals surface area contributed by atoms with Gasteiger partial charge in [0.15, 0.2) is 0 Å². The maximum Gasteiger partial charge on any atom is 0.441 e. The van der Waals surface area contributed by atoms with Gasteiger partial charge in [-0.25, -0.2) is 0 Å². The van der Waals surface area contributed by atoms with Gasteiger partial charge < -0.3 is 5.32 Å². The van der Waals surface area contributed by atoms with Crippen LogP contribution in [0.3, 0.4) is 0 Å². The molecule has 0 amide bonds. The zero-order valence-electron chi connectivity index (χ0n) is 8.23. The zero-order valence-corrected chi connectivity index (χ0v) is 9.05. The van der Waals surface area contributed by atoms with E-state index in [1.165, 1.54) is 12.8 Å². The van der Waals surface area contributed by atoms with Crippen molar-refractivity contribution in [2.45, 2.75) is 37.7 Å². The van der Waals surface area contributed by atoms with Gasteiger partial charge in [0.05, 0.1) is 0 Å². The van der Waals surface area contributed by atoms with Crippen LogP contribution in [0.4, 0.5) is 13.2 Å². The Kier molecular flexibility index (Phi) is 4.57. The van der Waals surface area contributed by atoms with Crippen molar-refractivity contribution in [2.75, 3.05) is 12.3 Å². The Morgan fingerprint density at radius 3 is 2.50 bits per heavy atom. The van der Waals surface area contributed by atoms with E-state index in [-0.39, 0.29) is 17.5 Å². The van der Waals surface area contributed by atoms with E-state index in [1.807, 2.05) is 0 Å². The molecule has 0 saturated heterocycles. The number of hydrogen-bond donors (Lipinski definition) is 1. The first-order chi connectivity index (χ1) is 6.53. The largest absolute Gasteiger partial charge is 0.441 e. The average molecular weight is 227 g/mol. The molecule has 5 heteroatoms. The molecule has 1 rings (SSSR count). The average Bonchev–Trinajstić information content (AvgIpc) is 2.86. The number of hydrogen-bond acceptors (Lipinski definition) is 2. The minimum absolute atomic E-state index is 0.0557. The molecule has 1 aliphatic carbocycles. The summed E-state index contributed by atoms with van der Waals surface area (Å²) >= 11 is 0.0557. The van der Waals surface area contributed by atoms with Crippen LogP contribution < -0.4 is 5.32 Å². The Hall–Kier alpha value is 0.100. The quantitative estimate of drug-likeness (QED) is 0.700. The molecule has 0 aromatic carbocycles. The summed E-state index contributed by atoms with van der Waals surface area (Å²) in [7, 11) is 0. The minimum Gasteiger partial charge on any atom is -0.313 e. The molecule has 1 saturated carbocycles. The van der Waals surface area contributed by atoms with Crippen molar-refractivity contribution in [3.8, 4) is 0 Å². The number of thioether (sulfide) groups is 1. The normalized spacial score (nSPS) is 19.7. The molecule has 84 valence electrons. The van der Waals surface area contributed by atoms with Gasteiger partial charge in [-0.2, -0.15) is 13.2 Å². The fourth-order valence-corrected chi connectivity index (χ4v) is 2.01. The fraction of sp³-hybridized carbons (Fsp3) is 1.00. The van der Waals surface area contributed by atoms with Crippen molar-refractivity contribution in [3.05, 3.63) is 0 Å². The lowest BCUT2D eigenvalue weighted by molar-refractivity contribution is -0.0327. The third-order valence-corrected chi connectivity index (χ3v) is 3.14. The van der Waals surface area contributed by atoms with Gasteiger partial charge in [0, 0.05) is 18.3 Å². The highest BCUT2D eigenvalue weighted by molar-refractivity contribution is 8.00. The van der Waals surface area contributed by atoms with Crippen molar-refractivity contribution in [1.82, 2.24) is 5.32 Å². The third-order valence-electron chi connectivity index (χ3n) is 2.41. The fourth-order valence-electron chi connectivity index (χ4n) is 1.55. The van der Waals surface area contributed by atoms with E-state index in [0.29, 0.717) is 12.6 Å². The van der Waals surface area contributed by atoms with Crippen LogP contribution in [0.2, 0.25) is 0 Å². The molecular formula is C9H16F3NS. The molecule has 0 spiro atoms. The zero-order chi connectivity index (χ0) is 10.6. The summed E-state index contributed by atoms with van der Waals surface area (Å²) in [6.07, 6.45) is 3.48. The first-order valence-electron chi connectivity index (χ1n) is 4.97. The maximum atomic E-state index is 11.8. The number of halogens is 3. The van der Waals surface area contributed by atoms with E-state index in [2.05, 4.69) is 12.2 Å². The van der Waals surface area contributed by atoms with Crippen LogP contribution in [0.5, 0.6) is 0 Å². The van der Waals surface area contributed by atoms with Crippen LogP contribution in [0.15, 0.2) is 0 Å². The number of rotatable bonds is 6. The van der Waals surface area contributed by atoms with Crippen LogP contribution in [0, 0.1) is 5.92 Å². The maximum absolute atomic E-state index is 11.8. The SMILES string of the molecule is CCC(NCCSC(F)(F)F)C1CC1. The minimum atomic E-state index is -4.08. The summed E-state index contributed by atoms with van der Waals surface area (Å²) in [5.74, 6) is 0.836. The molecule has 1 N–H and O–H groups in total. The Bertz CT molecular complexity index is 168. The van der Waals surface area contributed by atoms with Crippen molar-refractivity contribution >= 4 is 11.8 Å². The lowest BCUT2D eigenvalue weighted by Crippen LogP contribution is -2.32. The summed E-state index contributed by atoms with van der Waals surface area (Å²) < 4.78 is 35.3. The molecule has 0 heterocycles. The highest BCUT2D eigenvalue weighted by Gasteiger charge is 2.30. The highest BCUT2D eigenvalue weighted by Crippen LogP contribution is 2.34. The molecule has 0 aromatic rings. The summed E-state index contributed by atoms with van der Waals surface area (Å²) in [5.41, 5.74) is -4.08. The second-order valence-corrected chi connectivity index (χ2v) is 4.76. The predicted molar refractivity (Wildman–Crippen MR) is 53.3 cm³/mol. The summed E-state index contributed by atoms with van der Waals surface area (Å²) in [4.78, 5) is 0. The molecule has 0 aromatic heterocycles. The van der Waals surface area contributed by atoms with E-state index >= 15 is 0 Å². The highest BCUT2D eigenvalue weighted by atomic mass is 32.2. The Balaban J connectivity index is 2.02. The number of alkyl halides is 3. The van der Waals surface area contributed by atoms with E-state index < -0.39 is 5.51 Å². The summed E-state index contributed by atoms with van der Waals surface area (Å²) in [5, 5.41) is 3.18. The molecule has 1 fully saturated rings. The summed E-state index contributed by atoms with van der Waals surface area (Å²) in [6, 6.07) is 0.434. The topological polar surface area (TPSA) is 12.0 Å². The lowest BCUT2D eigenvalue weighted by Gasteiger charge is -2.15. The molecule has 14 heavy (non-hydrogen) atoms. The Labute approximate surface area is 86.8 Å². The van der Waals surface area contributed by atoms with Crippen molar-refractivity contribution in [1.29, 1.82) is 0 Å². The molecule has 1 atom stereocenters. The van der Waals surface area contributed by atoms with E-state index in [9.17, 15) is 13.2 Å². The van der Waals surface area contributed by atoms with Crippen molar-refractivity contribution < 1.29 is 13.2 Å². The Morgan fingerprint density at radius 2 is 2.07 bits per heavy atom. The van der Waals surface area contributed by atoms with Crippen LogP contribution in [0.25, 0.3) is 0 Å². The van der Waals surface area contributed by atoms with Gasteiger partial charge >= 0.3 is 5.51 Å². The van der Waals surface area contributed by atoms with Crippen LogP contribution in [0.1, 0.15) is 26.2 Å². The van der Waals surface area contributed by atoms with Gasteiger partial charge in [-0.1, -0.05) is 6.92 Å². The monoisotopic (exact) mass is 227 g/mol. The van der Waals surface area contributed by atoms with Gasteiger partial charge in [-0.15, -0.1) is 0 Å². The molecule has 0 aliphatic heterocycles. The van der Waals surface area contributed by atoms with Crippen LogP contribution >= 0.6 is 11.8 Å². The van der Waals surface area contributed by atoms with Gasteiger partial charge in [0.1, 0.15) is 0 Å². The molecule has 0 bridgehead atoms. The molecule has 1 aliphatic rings. The molecule has 1 nitrogen and oxygen atoms in total. The van der Waals surface area contributed by atoms with Crippen LogP contribution in [-0.2, 0) is 0 Å². The van der Waals surface area contributed by atoms with Gasteiger partial charge in [0.25, 0.3) is 0 Å². The first kappa shape index (κ1) is 12.2. The molecule has 1 unspecified atom stereocenters. The van der Waals surface area contributed by atoms with E-state index in [4.69, 9.17) is 0 Å². The van der Waals surface area contributed by atoms with Gasteiger partial charge in [0.2, 0.25) is 0 Å². The smallest absolute Gasteiger partial charge is 0.313 e. The number of nitrogens with one attached hydrogen (secondary N) is 1. The van der Waals surface area contributed by atoms with Gasteiger partial charge in [-0.05, 0) is 36.9 Å². The van der Waals surface area contributed by atoms with Crippen molar-refractivity contribution in [2.24, 2.45) is 5.92 Å². The first-order valence-corrected chi connectivity index (χ1v) is 5.95. The molecular weight excluding hydrogens is 211 g/mol. The summed E-state index contributed by atoms with van der Waals surface area (Å²) in [6.45, 7) is 2.53. The van der Waals surface area contributed by atoms with E-state index in [0.717, 1.165) is 12.3 Å². The Morgan fingerprint density at radius 1 is 1.43 bits per heavy atom. The lowest BCUT2D eigenvalue weighted by atomic mass is 10.1. The van der Waals surface area contributed by atoms with Crippen LogP contribution in [-0.4, -0.2) is 23.8 Å².